The molecule has 0 aromatic carbocycles. The molecule has 0 aliphatic carbocycles. The van der Waals surface area contributed by atoms with E-state index in [2.05, 4.69) is 0 Å². The van der Waals surface area contributed by atoms with Crippen molar-refractivity contribution in [3.8, 4) is 0 Å². The quantitative estimate of drug-likeness (QED) is 0.413. The van der Waals surface area contributed by atoms with Crippen LogP contribution in [0.4, 0.5) is 0 Å². The summed E-state index contributed by atoms with van der Waals surface area (Å²) in [5, 5.41) is 0. The number of carbonyl (C=O) groups excluding carboxylic acids is 1. The number of carbonyl (C=O) groups is 1. The number of hydrogen-bond donors (Lipinski definition) is 0. The van der Waals surface area contributed by atoms with E-state index in [0.717, 1.165) is 15.4 Å². The van der Waals surface area contributed by atoms with E-state index >= 15 is 0 Å². The third kappa shape index (κ3) is 4.10. The summed E-state index contributed by atoms with van der Waals surface area (Å²) >= 11 is 0. The van der Waals surface area contributed by atoms with Crippen molar-refractivity contribution in [1.29, 1.82) is 0 Å². The van der Waals surface area contributed by atoms with Gasteiger partial charge in [0.15, 0.2) is 0 Å². The summed E-state index contributed by atoms with van der Waals surface area (Å²) in [6.07, 6.45) is 0.806. The van der Waals surface area contributed by atoms with Crippen molar-refractivity contribution in [2.45, 2.75) is 6.92 Å². The van der Waals surface area contributed by atoms with Crippen molar-refractivity contribution in [3.63, 3.8) is 0 Å². The Balaban J connectivity index is 2.85. The van der Waals surface area contributed by atoms with E-state index in [1.165, 1.54) is 0 Å². The zero-order valence-electron chi connectivity index (χ0n) is 3.62. The van der Waals surface area contributed by atoms with Crippen LogP contribution < -0.4 is 0 Å². The van der Waals surface area contributed by atoms with Crippen LogP contribution in [0.15, 0.2) is 0 Å². The zero-order valence-corrected chi connectivity index (χ0v) is 5.62. The van der Waals surface area contributed by atoms with Crippen LogP contribution in [0.2, 0.25) is 0 Å². The van der Waals surface area contributed by atoms with Gasteiger partial charge < -0.3 is 0 Å². The molecule has 0 bridgehead atoms. The minimum absolute atomic E-state index is 0.316. The normalized spacial score (nSPS) is 7.80. The summed E-state index contributed by atoms with van der Waals surface area (Å²) in [5.74, 6) is 0.316. The first kappa shape index (κ1) is 5.10. The van der Waals surface area contributed by atoms with Crippen molar-refractivity contribution in [3.05, 3.63) is 0 Å². The average molecular weight is 92.1 g/mol. The van der Waals surface area contributed by atoms with Crippen LogP contribution in [0.5, 0.6) is 0 Å². The van der Waals surface area contributed by atoms with Gasteiger partial charge in [0.05, 0.1) is 0 Å². The summed E-state index contributed by atoms with van der Waals surface area (Å²) in [7, 11) is 1.02. The van der Waals surface area contributed by atoms with Gasteiger partial charge in [0, 0.05) is 0 Å². The molecule has 2 heteroatoms. The molecule has 1 nitrogen and oxygen atoms in total. The first-order valence-electron chi connectivity index (χ1n) is 1.76. The molecule has 0 saturated heterocycles. The molecule has 0 aromatic rings. The van der Waals surface area contributed by atoms with Gasteiger partial charge >= 0.3 is 32.9 Å². The minimum atomic E-state index is 0.316. The molecule has 5 heavy (non-hydrogen) atoms. The second-order valence-corrected chi connectivity index (χ2v) is 1.76. The third-order valence-corrected chi connectivity index (χ3v) is 1.49. The van der Waals surface area contributed by atoms with Crippen molar-refractivity contribution in [2.75, 3.05) is 6.16 Å². The van der Waals surface area contributed by atoms with Crippen LogP contribution in [-0.4, -0.2) is 11.9 Å². The van der Waals surface area contributed by atoms with Gasteiger partial charge in [0.25, 0.3) is 0 Å². The van der Waals surface area contributed by atoms with E-state index in [0.29, 0.717) is 5.78 Å². The summed E-state index contributed by atoms with van der Waals surface area (Å²) in [6, 6.07) is 0. The number of ketones is 1. The second kappa shape index (κ2) is 2.34. The van der Waals surface area contributed by atoms with Gasteiger partial charge in [-0.3, -0.25) is 0 Å². The molecule has 0 N–H and O–H groups in total. The fourth-order valence-corrected chi connectivity index (χ4v) is 0. The Morgan fingerprint density at radius 1 is 2.00 bits per heavy atom. The Labute approximate surface area is 34.0 Å². The van der Waals surface area contributed by atoms with Crippen LogP contribution >= 0.6 is 9.24 Å². The van der Waals surface area contributed by atoms with E-state index in [1.54, 1.807) is 6.92 Å². The van der Waals surface area contributed by atoms with Gasteiger partial charge in [-0.25, -0.2) is 0 Å². The summed E-state index contributed by atoms with van der Waals surface area (Å²) in [4.78, 5) is 9.85. The third-order valence-electron chi connectivity index (χ3n) is 0.498. The number of rotatable bonds is 1. The van der Waals surface area contributed by atoms with Crippen LogP contribution in [0.3, 0.4) is 0 Å². The maximum atomic E-state index is 9.85. The first-order chi connectivity index (χ1) is 2.27. The van der Waals surface area contributed by atoms with Gasteiger partial charge in [-0.15, -0.1) is 0 Å². The molecule has 0 aliphatic heterocycles. The van der Waals surface area contributed by atoms with Crippen molar-refractivity contribution < 1.29 is 4.79 Å². The standard InChI is InChI=1S/C3H9OP/c1-3(4)2-5/h2H2,1H3,5H4. The van der Waals surface area contributed by atoms with Crippen molar-refractivity contribution >= 4 is 15.0 Å². The predicted molar refractivity (Wildman–Crippen MR) is 28.0 cm³/mol. The Bertz CT molecular complexity index is 42.2. The van der Waals surface area contributed by atoms with E-state index in [4.69, 9.17) is 0 Å². The molecule has 0 saturated carbocycles. The molecular weight excluding hydrogens is 83.0 g/mol. The van der Waals surface area contributed by atoms with Crippen molar-refractivity contribution in [2.24, 2.45) is 0 Å². The van der Waals surface area contributed by atoms with Gasteiger partial charge in [0.2, 0.25) is 0 Å². The molecule has 32 valence electrons. The van der Waals surface area contributed by atoms with Crippen molar-refractivity contribution in [1.82, 2.24) is 0 Å². The Morgan fingerprint density at radius 3 is 2.20 bits per heavy atom. The molecule has 0 fully saturated rings. The summed E-state index contributed by atoms with van der Waals surface area (Å²) in [6.45, 7) is 1.62. The molecule has 0 amide bonds. The van der Waals surface area contributed by atoms with Gasteiger partial charge in [-0.1, -0.05) is 0 Å². The molecule has 0 spiro atoms. The average Bonchev–Trinajstić information content (AvgIpc) is 1.38. The number of hydrogen-bond acceptors (Lipinski definition) is 1. The molecule has 0 heterocycles. The molecule has 0 aromatic heterocycles. The van der Waals surface area contributed by atoms with Crippen LogP contribution in [-0.2, 0) is 4.79 Å². The molecule has 0 radical (unpaired) electrons. The topological polar surface area (TPSA) is 17.1 Å². The second-order valence-electron chi connectivity index (χ2n) is 1.06. The Morgan fingerprint density at radius 2 is 2.20 bits per heavy atom. The van der Waals surface area contributed by atoms with Crippen LogP contribution in [0.1, 0.15) is 6.92 Å². The Hall–Kier alpha value is 0.100. The SMILES string of the molecule is CC(=O)C[PH4]. The zero-order chi connectivity index (χ0) is 4.28. The molecular formula is C3H9OP. The van der Waals surface area contributed by atoms with E-state index in [9.17, 15) is 4.79 Å². The summed E-state index contributed by atoms with van der Waals surface area (Å²) < 4.78 is 0. The first-order valence-corrected chi connectivity index (χ1v) is 3.18. The molecule has 0 aliphatic rings. The molecule has 0 unspecified atom stereocenters. The van der Waals surface area contributed by atoms with Crippen LogP contribution in [0, 0.1) is 0 Å². The van der Waals surface area contributed by atoms with Crippen LogP contribution in [0.25, 0.3) is 0 Å². The fraction of sp³-hybridized carbons (Fsp3) is 0.667. The predicted octanol–water partition coefficient (Wildman–Crippen LogP) is -0.0849. The van der Waals surface area contributed by atoms with Gasteiger partial charge in [-0.2, -0.15) is 0 Å². The fourth-order valence-electron chi connectivity index (χ4n) is 0. The molecule has 0 atom stereocenters. The Kier molecular flexibility index (Phi) is 2.39. The van der Waals surface area contributed by atoms with E-state index in [-0.39, 0.29) is 0 Å². The van der Waals surface area contributed by atoms with Gasteiger partial charge in [0.1, 0.15) is 0 Å². The monoisotopic (exact) mass is 92.0 g/mol. The number of Topliss-reactive ketones (excluding diaryl/α,β-unsaturated/α-hetero) is 1. The maximum absolute atomic E-state index is 9.85. The van der Waals surface area contributed by atoms with Gasteiger partial charge in [-0.05, 0) is 0 Å². The van der Waals surface area contributed by atoms with E-state index in [1.807, 2.05) is 0 Å². The summed E-state index contributed by atoms with van der Waals surface area (Å²) in [5.41, 5.74) is 0. The van der Waals surface area contributed by atoms with E-state index < -0.39 is 0 Å². The molecule has 0 rings (SSSR count).